The van der Waals surface area contributed by atoms with Crippen LogP contribution in [0.2, 0.25) is 0 Å². The summed E-state index contributed by atoms with van der Waals surface area (Å²) in [5, 5.41) is 0. The van der Waals surface area contributed by atoms with Crippen LogP contribution in [0.4, 0.5) is 5.69 Å². The van der Waals surface area contributed by atoms with Gasteiger partial charge in [0.1, 0.15) is 12.0 Å². The number of carbonyl (C=O) groups excluding carboxylic acids is 1. The summed E-state index contributed by atoms with van der Waals surface area (Å²) in [6.45, 7) is 3.11. The first-order valence-electron chi connectivity index (χ1n) is 6.90. The Balaban J connectivity index is 2.24. The zero-order chi connectivity index (χ0) is 14.4. The van der Waals surface area contributed by atoms with E-state index in [1.807, 2.05) is 30.3 Å². The maximum Gasteiger partial charge on any atom is 0.261 e. The molecule has 0 aliphatic rings. The fourth-order valence-electron chi connectivity index (χ4n) is 2.03. The van der Waals surface area contributed by atoms with Gasteiger partial charge in [-0.25, -0.2) is 0 Å². The highest BCUT2D eigenvalue weighted by atomic mass is 16.3. The van der Waals surface area contributed by atoms with Crippen molar-refractivity contribution in [3.05, 3.63) is 54.0 Å². The molecular formula is C16H20N2O2. The van der Waals surface area contributed by atoms with E-state index in [0.717, 1.165) is 18.5 Å². The SMILES string of the molecule is CCCCN(C(=O)c1coc(CN)c1)c1ccccc1. The maximum atomic E-state index is 12.6. The number of nitrogens with zero attached hydrogens (tertiary/aromatic N) is 1. The highest BCUT2D eigenvalue weighted by Crippen LogP contribution is 2.19. The summed E-state index contributed by atoms with van der Waals surface area (Å²) in [5.41, 5.74) is 6.96. The number of carbonyl (C=O) groups is 1. The summed E-state index contributed by atoms with van der Waals surface area (Å²) in [4.78, 5) is 14.4. The molecule has 1 aromatic heterocycles. The van der Waals surface area contributed by atoms with Crippen molar-refractivity contribution < 1.29 is 9.21 Å². The van der Waals surface area contributed by atoms with Crippen molar-refractivity contribution in [1.82, 2.24) is 0 Å². The minimum atomic E-state index is -0.0481. The lowest BCUT2D eigenvalue weighted by Crippen LogP contribution is -2.31. The van der Waals surface area contributed by atoms with Gasteiger partial charge in [-0.3, -0.25) is 4.79 Å². The van der Waals surface area contributed by atoms with Gasteiger partial charge >= 0.3 is 0 Å². The van der Waals surface area contributed by atoms with Crippen molar-refractivity contribution >= 4 is 11.6 Å². The standard InChI is InChI=1S/C16H20N2O2/c1-2-3-9-18(14-7-5-4-6-8-14)16(19)13-10-15(11-17)20-12-13/h4-8,10,12H,2-3,9,11,17H2,1H3. The molecule has 106 valence electrons. The molecule has 0 saturated carbocycles. The van der Waals surface area contributed by atoms with Gasteiger partial charge in [-0.05, 0) is 24.6 Å². The summed E-state index contributed by atoms with van der Waals surface area (Å²) in [6.07, 6.45) is 3.48. The van der Waals surface area contributed by atoms with Gasteiger partial charge in [0.05, 0.1) is 12.1 Å². The van der Waals surface area contributed by atoms with E-state index in [-0.39, 0.29) is 5.91 Å². The molecule has 2 rings (SSSR count). The molecule has 1 aromatic carbocycles. The number of amides is 1. The van der Waals surface area contributed by atoms with Crippen molar-refractivity contribution in [2.45, 2.75) is 26.3 Å². The molecule has 20 heavy (non-hydrogen) atoms. The van der Waals surface area contributed by atoms with Crippen molar-refractivity contribution in [3.63, 3.8) is 0 Å². The third-order valence-corrected chi connectivity index (χ3v) is 3.15. The molecule has 0 atom stereocenters. The number of hydrogen-bond donors (Lipinski definition) is 1. The number of para-hydroxylation sites is 1. The van der Waals surface area contributed by atoms with E-state index in [1.165, 1.54) is 6.26 Å². The van der Waals surface area contributed by atoms with Crippen molar-refractivity contribution in [2.24, 2.45) is 5.73 Å². The first kappa shape index (κ1) is 14.3. The highest BCUT2D eigenvalue weighted by molar-refractivity contribution is 6.05. The zero-order valence-electron chi connectivity index (χ0n) is 11.7. The van der Waals surface area contributed by atoms with Crippen LogP contribution in [0.5, 0.6) is 0 Å². The highest BCUT2D eigenvalue weighted by Gasteiger charge is 2.19. The predicted molar refractivity (Wildman–Crippen MR) is 79.6 cm³/mol. The van der Waals surface area contributed by atoms with Crippen LogP contribution in [0.3, 0.4) is 0 Å². The molecule has 0 unspecified atom stereocenters. The topological polar surface area (TPSA) is 59.5 Å². The summed E-state index contributed by atoms with van der Waals surface area (Å²) in [5.74, 6) is 0.574. The Kier molecular flexibility index (Phi) is 4.96. The smallest absolute Gasteiger partial charge is 0.261 e. The predicted octanol–water partition coefficient (Wildman–Crippen LogP) is 3.19. The lowest BCUT2D eigenvalue weighted by atomic mass is 10.2. The Morgan fingerprint density at radius 3 is 2.65 bits per heavy atom. The number of benzene rings is 1. The normalized spacial score (nSPS) is 10.5. The Hall–Kier alpha value is -2.07. The van der Waals surface area contributed by atoms with Gasteiger partial charge in [0.25, 0.3) is 5.91 Å². The van der Waals surface area contributed by atoms with Crippen LogP contribution < -0.4 is 10.6 Å². The molecule has 2 aromatic rings. The van der Waals surface area contributed by atoms with E-state index in [4.69, 9.17) is 10.2 Å². The Bertz CT molecular complexity index is 549. The van der Waals surface area contributed by atoms with Gasteiger partial charge in [0, 0.05) is 12.2 Å². The summed E-state index contributed by atoms with van der Waals surface area (Å²) in [6, 6.07) is 11.4. The number of anilines is 1. The van der Waals surface area contributed by atoms with Crippen LogP contribution >= 0.6 is 0 Å². The Morgan fingerprint density at radius 1 is 1.30 bits per heavy atom. The first-order valence-corrected chi connectivity index (χ1v) is 6.90. The number of unbranched alkanes of at least 4 members (excludes halogenated alkanes) is 1. The molecule has 4 nitrogen and oxygen atoms in total. The maximum absolute atomic E-state index is 12.6. The van der Waals surface area contributed by atoms with Crippen LogP contribution in [0.1, 0.15) is 35.9 Å². The first-order chi connectivity index (χ1) is 9.76. The van der Waals surface area contributed by atoms with Gasteiger partial charge in [0.15, 0.2) is 0 Å². The third-order valence-electron chi connectivity index (χ3n) is 3.15. The fourth-order valence-corrected chi connectivity index (χ4v) is 2.03. The third kappa shape index (κ3) is 3.27. The minimum Gasteiger partial charge on any atom is -0.467 e. The molecular weight excluding hydrogens is 252 g/mol. The molecule has 1 amide bonds. The minimum absolute atomic E-state index is 0.0481. The molecule has 4 heteroatoms. The lowest BCUT2D eigenvalue weighted by Gasteiger charge is -2.22. The molecule has 2 N–H and O–H groups in total. The van der Waals surface area contributed by atoms with E-state index in [9.17, 15) is 4.79 Å². The largest absolute Gasteiger partial charge is 0.467 e. The summed E-state index contributed by atoms with van der Waals surface area (Å²) >= 11 is 0. The van der Waals surface area contributed by atoms with Gasteiger partial charge in [-0.2, -0.15) is 0 Å². The van der Waals surface area contributed by atoms with Crippen LogP contribution in [0.25, 0.3) is 0 Å². The molecule has 0 saturated heterocycles. The van der Waals surface area contributed by atoms with Gasteiger partial charge in [-0.15, -0.1) is 0 Å². The van der Waals surface area contributed by atoms with Gasteiger partial charge in [0.2, 0.25) is 0 Å². The fraction of sp³-hybridized carbons (Fsp3) is 0.312. The average Bonchev–Trinajstić information content (AvgIpc) is 2.97. The molecule has 1 heterocycles. The van der Waals surface area contributed by atoms with E-state index in [2.05, 4.69) is 6.92 Å². The molecule has 0 spiro atoms. The molecule has 0 bridgehead atoms. The monoisotopic (exact) mass is 272 g/mol. The van der Waals surface area contributed by atoms with E-state index >= 15 is 0 Å². The molecule has 0 radical (unpaired) electrons. The van der Waals surface area contributed by atoms with E-state index in [0.29, 0.717) is 24.4 Å². The van der Waals surface area contributed by atoms with Crippen LogP contribution in [-0.2, 0) is 6.54 Å². The zero-order valence-corrected chi connectivity index (χ0v) is 11.7. The second-order valence-electron chi connectivity index (χ2n) is 4.65. The number of nitrogens with two attached hydrogens (primary N) is 1. The van der Waals surface area contributed by atoms with Crippen molar-refractivity contribution in [3.8, 4) is 0 Å². The van der Waals surface area contributed by atoms with Crippen LogP contribution in [-0.4, -0.2) is 12.5 Å². The summed E-state index contributed by atoms with van der Waals surface area (Å²) < 4.78 is 5.25. The molecule has 0 fully saturated rings. The van der Waals surface area contributed by atoms with Gasteiger partial charge in [-0.1, -0.05) is 31.5 Å². The van der Waals surface area contributed by atoms with Crippen LogP contribution in [0.15, 0.2) is 47.1 Å². The molecule has 0 aliphatic heterocycles. The average molecular weight is 272 g/mol. The number of hydrogen-bond acceptors (Lipinski definition) is 3. The molecule has 0 aliphatic carbocycles. The Morgan fingerprint density at radius 2 is 2.05 bits per heavy atom. The lowest BCUT2D eigenvalue weighted by molar-refractivity contribution is 0.0986. The van der Waals surface area contributed by atoms with Crippen molar-refractivity contribution in [1.29, 1.82) is 0 Å². The van der Waals surface area contributed by atoms with E-state index < -0.39 is 0 Å². The number of rotatable bonds is 6. The van der Waals surface area contributed by atoms with E-state index in [1.54, 1.807) is 11.0 Å². The number of furan rings is 1. The van der Waals surface area contributed by atoms with Crippen molar-refractivity contribution in [2.75, 3.05) is 11.4 Å². The van der Waals surface area contributed by atoms with Crippen LogP contribution in [0, 0.1) is 0 Å². The second kappa shape index (κ2) is 6.91. The second-order valence-corrected chi connectivity index (χ2v) is 4.65. The summed E-state index contributed by atoms with van der Waals surface area (Å²) in [7, 11) is 0. The van der Waals surface area contributed by atoms with Gasteiger partial charge < -0.3 is 15.1 Å². The quantitative estimate of drug-likeness (QED) is 0.878. The Labute approximate surface area is 119 Å².